The number of nitrogens with one attached hydrogen (secondary N) is 1. The van der Waals surface area contributed by atoms with Gasteiger partial charge in [0.05, 0.1) is 11.9 Å². The first kappa shape index (κ1) is 17.9. The zero-order chi connectivity index (χ0) is 19.3. The number of nitrogens with zero attached hydrogens (tertiary/aromatic N) is 4. The van der Waals surface area contributed by atoms with Crippen molar-refractivity contribution in [3.05, 3.63) is 78.4 Å². The van der Waals surface area contributed by atoms with Crippen molar-refractivity contribution >= 4 is 23.2 Å². The molecule has 1 amide bonds. The van der Waals surface area contributed by atoms with E-state index in [1.807, 2.05) is 30.5 Å². The Kier molecular flexibility index (Phi) is 5.14. The van der Waals surface area contributed by atoms with Crippen LogP contribution < -0.4 is 15.1 Å². The molecule has 0 spiro atoms. The van der Waals surface area contributed by atoms with Gasteiger partial charge < -0.3 is 15.1 Å². The molecular weight excluding hydrogens is 357 g/mol. The maximum Gasteiger partial charge on any atom is 0.256 e. The van der Waals surface area contributed by atoms with Crippen molar-refractivity contribution in [3.63, 3.8) is 0 Å². The summed E-state index contributed by atoms with van der Waals surface area (Å²) in [6, 6.07) is 15.2. The van der Waals surface area contributed by atoms with Gasteiger partial charge in [-0.05, 0) is 42.5 Å². The summed E-state index contributed by atoms with van der Waals surface area (Å²) in [5.74, 6) is 0.602. The maximum absolute atomic E-state index is 13.3. The topological polar surface area (TPSA) is 61.4 Å². The summed E-state index contributed by atoms with van der Waals surface area (Å²) in [5, 5.41) is 2.69. The molecule has 1 aromatic carbocycles. The summed E-state index contributed by atoms with van der Waals surface area (Å²) >= 11 is 0. The molecule has 7 heteroatoms. The number of aromatic nitrogens is 2. The van der Waals surface area contributed by atoms with Gasteiger partial charge in [-0.25, -0.2) is 14.4 Å². The Morgan fingerprint density at radius 3 is 2.43 bits per heavy atom. The third kappa shape index (κ3) is 4.09. The molecule has 2 aromatic heterocycles. The highest BCUT2D eigenvalue weighted by molar-refractivity contribution is 6.03. The molecule has 142 valence electrons. The average Bonchev–Trinajstić information content (AvgIpc) is 2.75. The molecular formula is C21H20FN5O. The highest BCUT2D eigenvalue weighted by atomic mass is 19.1. The minimum absolute atomic E-state index is 0.261. The Morgan fingerprint density at radius 1 is 0.929 bits per heavy atom. The summed E-state index contributed by atoms with van der Waals surface area (Å²) in [7, 11) is 0. The first-order valence-electron chi connectivity index (χ1n) is 9.13. The number of benzene rings is 1. The molecule has 0 radical (unpaired) electrons. The Labute approximate surface area is 162 Å². The second-order valence-electron chi connectivity index (χ2n) is 6.53. The highest BCUT2D eigenvalue weighted by Crippen LogP contribution is 2.20. The van der Waals surface area contributed by atoms with Gasteiger partial charge in [-0.2, -0.15) is 0 Å². The van der Waals surface area contributed by atoms with Gasteiger partial charge in [0.1, 0.15) is 17.5 Å². The van der Waals surface area contributed by atoms with Crippen LogP contribution >= 0.6 is 0 Å². The van der Waals surface area contributed by atoms with E-state index in [1.54, 1.807) is 18.3 Å². The van der Waals surface area contributed by atoms with Crippen LogP contribution in [-0.4, -0.2) is 42.1 Å². The molecule has 0 bridgehead atoms. The van der Waals surface area contributed by atoms with E-state index in [0.29, 0.717) is 5.82 Å². The van der Waals surface area contributed by atoms with Gasteiger partial charge in [0.25, 0.3) is 5.91 Å². The monoisotopic (exact) mass is 377 g/mol. The quantitative estimate of drug-likeness (QED) is 0.757. The molecule has 1 N–H and O–H groups in total. The second-order valence-corrected chi connectivity index (χ2v) is 6.53. The smallest absolute Gasteiger partial charge is 0.256 e. The Hall–Kier alpha value is -3.48. The van der Waals surface area contributed by atoms with Crippen molar-refractivity contribution in [1.82, 2.24) is 9.97 Å². The van der Waals surface area contributed by atoms with Crippen molar-refractivity contribution in [2.24, 2.45) is 0 Å². The predicted molar refractivity (Wildman–Crippen MR) is 107 cm³/mol. The van der Waals surface area contributed by atoms with Gasteiger partial charge in [0.15, 0.2) is 0 Å². The average molecular weight is 377 g/mol. The fraction of sp³-hybridized carbons (Fsp3) is 0.190. The Morgan fingerprint density at radius 2 is 1.75 bits per heavy atom. The fourth-order valence-corrected chi connectivity index (χ4v) is 3.20. The van der Waals surface area contributed by atoms with E-state index in [4.69, 9.17) is 0 Å². The third-order valence-electron chi connectivity index (χ3n) is 4.69. The summed E-state index contributed by atoms with van der Waals surface area (Å²) in [6.45, 7) is 3.50. The number of amides is 1. The Balaban J connectivity index is 1.35. The third-order valence-corrected chi connectivity index (χ3v) is 4.69. The number of rotatable bonds is 4. The fourth-order valence-electron chi connectivity index (χ4n) is 3.20. The SMILES string of the molecule is O=C(Nc1ccc(N2CCN(c3ccccn3)CC2)cn1)c1cccc(F)c1. The van der Waals surface area contributed by atoms with Crippen LogP contribution in [0.1, 0.15) is 10.4 Å². The first-order chi connectivity index (χ1) is 13.7. The summed E-state index contributed by atoms with van der Waals surface area (Å²) < 4.78 is 13.3. The lowest BCUT2D eigenvalue weighted by molar-refractivity contribution is 0.102. The summed E-state index contributed by atoms with van der Waals surface area (Å²) in [5.41, 5.74) is 1.26. The summed E-state index contributed by atoms with van der Waals surface area (Å²) in [4.78, 5) is 25.4. The molecule has 1 fully saturated rings. The number of hydrogen-bond donors (Lipinski definition) is 1. The van der Waals surface area contributed by atoms with Crippen molar-refractivity contribution < 1.29 is 9.18 Å². The number of halogens is 1. The van der Waals surface area contributed by atoms with Gasteiger partial charge in [0.2, 0.25) is 0 Å². The van der Waals surface area contributed by atoms with Gasteiger partial charge >= 0.3 is 0 Å². The predicted octanol–water partition coefficient (Wildman–Crippen LogP) is 3.19. The molecule has 28 heavy (non-hydrogen) atoms. The van der Waals surface area contributed by atoms with Crippen molar-refractivity contribution in [1.29, 1.82) is 0 Å². The minimum atomic E-state index is -0.444. The standard InChI is InChI=1S/C21H20FN5O/c22-17-5-3-4-16(14-17)21(28)25-19-8-7-18(15-24-19)26-10-12-27(13-11-26)20-6-1-2-9-23-20/h1-9,14-15H,10-13H2,(H,24,25,28). The van der Waals surface area contributed by atoms with Gasteiger partial charge in [-0.1, -0.05) is 12.1 Å². The molecule has 4 rings (SSSR count). The molecule has 6 nitrogen and oxygen atoms in total. The van der Waals surface area contributed by atoms with Crippen LogP contribution in [0.15, 0.2) is 67.0 Å². The van der Waals surface area contributed by atoms with E-state index in [2.05, 4.69) is 25.1 Å². The van der Waals surface area contributed by atoms with Crippen molar-refractivity contribution in [3.8, 4) is 0 Å². The second kappa shape index (κ2) is 8.04. The van der Waals surface area contributed by atoms with Crippen molar-refractivity contribution in [2.45, 2.75) is 0 Å². The number of hydrogen-bond acceptors (Lipinski definition) is 5. The Bertz CT molecular complexity index is 941. The number of anilines is 3. The van der Waals surface area contributed by atoms with E-state index in [-0.39, 0.29) is 11.5 Å². The molecule has 0 unspecified atom stereocenters. The number of pyridine rings is 2. The van der Waals surface area contributed by atoms with Crippen LogP contribution in [0.5, 0.6) is 0 Å². The van der Waals surface area contributed by atoms with Gasteiger partial charge in [0, 0.05) is 37.9 Å². The van der Waals surface area contributed by atoms with Crippen LogP contribution in [0, 0.1) is 5.82 Å². The van der Waals surface area contributed by atoms with Gasteiger partial charge in [-0.15, -0.1) is 0 Å². The number of carbonyl (C=O) groups excluding carboxylic acids is 1. The lowest BCUT2D eigenvalue weighted by atomic mass is 10.2. The van der Waals surface area contributed by atoms with E-state index >= 15 is 0 Å². The van der Waals surface area contributed by atoms with E-state index in [1.165, 1.54) is 18.2 Å². The molecule has 1 aliphatic rings. The lowest BCUT2D eigenvalue weighted by Crippen LogP contribution is -2.46. The number of piperazine rings is 1. The zero-order valence-corrected chi connectivity index (χ0v) is 15.3. The molecule has 1 aliphatic heterocycles. The highest BCUT2D eigenvalue weighted by Gasteiger charge is 2.18. The lowest BCUT2D eigenvalue weighted by Gasteiger charge is -2.36. The van der Waals surface area contributed by atoms with Gasteiger partial charge in [-0.3, -0.25) is 4.79 Å². The molecule has 0 saturated carbocycles. The largest absolute Gasteiger partial charge is 0.367 e. The maximum atomic E-state index is 13.3. The van der Waals surface area contributed by atoms with E-state index in [0.717, 1.165) is 37.7 Å². The van der Waals surface area contributed by atoms with E-state index < -0.39 is 5.82 Å². The van der Waals surface area contributed by atoms with Crippen LogP contribution in [0.25, 0.3) is 0 Å². The van der Waals surface area contributed by atoms with E-state index in [9.17, 15) is 9.18 Å². The summed E-state index contributed by atoms with van der Waals surface area (Å²) in [6.07, 6.45) is 3.56. The molecule has 3 heterocycles. The zero-order valence-electron chi connectivity index (χ0n) is 15.3. The number of carbonyl (C=O) groups is 1. The van der Waals surface area contributed by atoms with Crippen LogP contribution in [0.3, 0.4) is 0 Å². The molecule has 3 aromatic rings. The molecule has 0 aliphatic carbocycles. The first-order valence-corrected chi connectivity index (χ1v) is 9.13. The van der Waals surface area contributed by atoms with Crippen molar-refractivity contribution in [2.75, 3.05) is 41.3 Å². The molecule has 0 atom stereocenters. The minimum Gasteiger partial charge on any atom is -0.367 e. The normalized spacial score (nSPS) is 14.0. The van der Waals surface area contributed by atoms with Crippen LogP contribution in [-0.2, 0) is 0 Å². The van der Waals surface area contributed by atoms with Crippen LogP contribution in [0.2, 0.25) is 0 Å². The van der Waals surface area contributed by atoms with Crippen LogP contribution in [0.4, 0.5) is 21.7 Å². The molecule has 1 saturated heterocycles.